The van der Waals surface area contributed by atoms with Crippen LogP contribution in [0.1, 0.15) is 20.8 Å². The summed E-state index contributed by atoms with van der Waals surface area (Å²) in [4.78, 5) is 12.4. The van der Waals surface area contributed by atoms with Crippen LogP contribution in [0.2, 0.25) is 0 Å². The lowest BCUT2D eigenvalue weighted by Gasteiger charge is -2.27. The second kappa shape index (κ2) is 5.89. The van der Waals surface area contributed by atoms with E-state index in [1.807, 2.05) is 20.8 Å². The molecule has 4 N–H and O–H groups in total. The first-order valence-electron chi connectivity index (χ1n) is 7.65. The topological polar surface area (TPSA) is 76.4 Å². The van der Waals surface area contributed by atoms with Crippen LogP contribution in [0.15, 0.2) is 36.6 Å². The normalized spacial score (nSPS) is 30.9. The first-order valence-corrected chi connectivity index (χ1v) is 7.65. The van der Waals surface area contributed by atoms with E-state index in [4.69, 9.17) is 10.5 Å². The summed E-state index contributed by atoms with van der Waals surface area (Å²) in [5.74, 6) is 0.875. The molecule has 3 unspecified atom stereocenters. The third-order valence-electron chi connectivity index (χ3n) is 4.57. The molecular formula is C17H27N3O2. The molecular weight excluding hydrogens is 278 g/mol. The van der Waals surface area contributed by atoms with Crippen molar-refractivity contribution in [3.8, 4) is 0 Å². The van der Waals surface area contributed by atoms with Crippen molar-refractivity contribution in [2.45, 2.75) is 31.8 Å². The third kappa shape index (κ3) is 3.10. The van der Waals surface area contributed by atoms with E-state index in [1.165, 1.54) is 0 Å². The molecule has 0 spiro atoms. The lowest BCUT2D eigenvalue weighted by atomic mass is 10.1. The second-order valence-corrected chi connectivity index (χ2v) is 6.94. The zero-order valence-corrected chi connectivity index (χ0v) is 13.7. The van der Waals surface area contributed by atoms with Gasteiger partial charge < -0.3 is 21.1 Å². The first-order chi connectivity index (χ1) is 10.2. The SMILES string of the molecule is C=C/C(C)=C(\C=C)OCC(C)(C)NC(=O)C1C2CNCC21N. The highest BCUT2D eigenvalue weighted by Crippen LogP contribution is 2.50. The Kier molecular flexibility index (Phi) is 4.49. The predicted molar refractivity (Wildman–Crippen MR) is 88.0 cm³/mol. The van der Waals surface area contributed by atoms with E-state index in [2.05, 4.69) is 23.8 Å². The van der Waals surface area contributed by atoms with Gasteiger partial charge in [-0.15, -0.1) is 0 Å². The smallest absolute Gasteiger partial charge is 0.225 e. The molecule has 5 heteroatoms. The molecule has 5 nitrogen and oxygen atoms in total. The standard InChI is InChI=1S/C17H27N3O2/c1-6-11(3)13(7-2)22-10-16(4,5)20-15(21)14-12-8-19-9-17(12,14)18/h6-7,12,14,19H,1-2,8-10,18H2,3-5H3,(H,20,21)/b13-11+. The van der Waals surface area contributed by atoms with Crippen molar-refractivity contribution in [2.24, 2.45) is 17.6 Å². The van der Waals surface area contributed by atoms with Crippen LogP contribution in [0.3, 0.4) is 0 Å². The van der Waals surface area contributed by atoms with Gasteiger partial charge in [-0.05, 0) is 32.4 Å². The fraction of sp³-hybridized carbons (Fsp3) is 0.588. The van der Waals surface area contributed by atoms with E-state index in [-0.39, 0.29) is 23.3 Å². The Balaban J connectivity index is 1.90. The number of piperidine rings is 1. The van der Waals surface area contributed by atoms with E-state index in [9.17, 15) is 4.79 Å². The summed E-state index contributed by atoms with van der Waals surface area (Å²) in [5, 5.41) is 6.27. The Bertz CT molecular complexity index is 524. The number of nitrogens with one attached hydrogen (secondary N) is 2. The van der Waals surface area contributed by atoms with E-state index < -0.39 is 5.54 Å². The van der Waals surface area contributed by atoms with Gasteiger partial charge in [-0.3, -0.25) is 4.79 Å². The van der Waals surface area contributed by atoms with Gasteiger partial charge in [0.15, 0.2) is 0 Å². The van der Waals surface area contributed by atoms with Gasteiger partial charge in [-0.1, -0.05) is 19.2 Å². The molecule has 2 fully saturated rings. The summed E-state index contributed by atoms with van der Waals surface area (Å²) in [5.41, 5.74) is 6.32. The maximum atomic E-state index is 12.4. The summed E-state index contributed by atoms with van der Waals surface area (Å²) in [6, 6.07) is 0. The van der Waals surface area contributed by atoms with Gasteiger partial charge in [0.2, 0.25) is 5.91 Å². The number of ether oxygens (including phenoxy) is 1. The molecule has 1 aliphatic heterocycles. The van der Waals surface area contributed by atoms with Crippen molar-refractivity contribution in [1.82, 2.24) is 10.6 Å². The molecule has 3 atom stereocenters. The largest absolute Gasteiger partial charge is 0.491 e. The third-order valence-corrected chi connectivity index (χ3v) is 4.57. The van der Waals surface area contributed by atoms with Crippen LogP contribution >= 0.6 is 0 Å². The molecule has 1 saturated heterocycles. The molecule has 122 valence electrons. The second-order valence-electron chi connectivity index (χ2n) is 6.94. The van der Waals surface area contributed by atoms with Gasteiger partial charge in [0.05, 0.1) is 11.5 Å². The summed E-state index contributed by atoms with van der Waals surface area (Å²) in [6.07, 6.45) is 3.37. The van der Waals surface area contributed by atoms with Crippen molar-refractivity contribution < 1.29 is 9.53 Å². The number of allylic oxidation sites excluding steroid dienone is 3. The van der Waals surface area contributed by atoms with Gasteiger partial charge >= 0.3 is 0 Å². The Morgan fingerprint density at radius 3 is 2.68 bits per heavy atom. The van der Waals surface area contributed by atoms with Gasteiger partial charge in [0.25, 0.3) is 0 Å². The number of carbonyl (C=O) groups is 1. The van der Waals surface area contributed by atoms with Crippen LogP contribution in [0.4, 0.5) is 0 Å². The van der Waals surface area contributed by atoms with Crippen molar-refractivity contribution in [3.05, 3.63) is 36.6 Å². The average Bonchev–Trinajstić information content (AvgIpc) is 2.84. The Hall–Kier alpha value is -1.59. The van der Waals surface area contributed by atoms with Gasteiger partial charge in [-0.25, -0.2) is 0 Å². The van der Waals surface area contributed by atoms with Gasteiger partial charge in [0, 0.05) is 24.5 Å². The minimum absolute atomic E-state index is 0.0205. The lowest BCUT2D eigenvalue weighted by Crippen LogP contribution is -2.50. The van der Waals surface area contributed by atoms with E-state index in [1.54, 1.807) is 12.2 Å². The quantitative estimate of drug-likeness (QED) is 0.486. The molecule has 0 aromatic carbocycles. The average molecular weight is 305 g/mol. The molecule has 22 heavy (non-hydrogen) atoms. The molecule has 1 aliphatic carbocycles. The van der Waals surface area contributed by atoms with Crippen LogP contribution < -0.4 is 16.4 Å². The molecule has 1 saturated carbocycles. The van der Waals surface area contributed by atoms with E-state index in [0.29, 0.717) is 18.9 Å². The summed E-state index contributed by atoms with van der Waals surface area (Å²) in [7, 11) is 0. The number of rotatable bonds is 7. The first kappa shape index (κ1) is 16.8. The number of fused-ring (bicyclic) bond motifs is 1. The van der Waals surface area contributed by atoms with Crippen LogP contribution in [-0.2, 0) is 9.53 Å². The number of hydrogen-bond acceptors (Lipinski definition) is 4. The fourth-order valence-electron chi connectivity index (χ4n) is 3.10. The highest BCUT2D eigenvalue weighted by Gasteiger charge is 2.68. The molecule has 1 heterocycles. The monoisotopic (exact) mass is 305 g/mol. The summed E-state index contributed by atoms with van der Waals surface area (Å²) >= 11 is 0. The number of nitrogens with two attached hydrogens (primary N) is 1. The maximum Gasteiger partial charge on any atom is 0.225 e. The van der Waals surface area contributed by atoms with Gasteiger partial charge in [0.1, 0.15) is 12.4 Å². The van der Waals surface area contributed by atoms with Crippen LogP contribution in [0, 0.1) is 11.8 Å². The zero-order chi connectivity index (χ0) is 16.5. The van der Waals surface area contributed by atoms with E-state index in [0.717, 1.165) is 12.1 Å². The number of amides is 1. The Labute approximate surface area is 132 Å². The maximum absolute atomic E-state index is 12.4. The van der Waals surface area contributed by atoms with Crippen molar-refractivity contribution in [3.63, 3.8) is 0 Å². The van der Waals surface area contributed by atoms with Crippen LogP contribution in [0.25, 0.3) is 0 Å². The molecule has 2 aliphatic rings. The fourth-order valence-corrected chi connectivity index (χ4v) is 3.10. The molecule has 0 aromatic rings. The Morgan fingerprint density at radius 2 is 2.18 bits per heavy atom. The predicted octanol–water partition coefficient (Wildman–Crippen LogP) is 1.09. The molecule has 1 amide bonds. The van der Waals surface area contributed by atoms with Crippen LogP contribution in [-0.4, -0.2) is 36.7 Å². The van der Waals surface area contributed by atoms with Crippen LogP contribution in [0.5, 0.6) is 0 Å². The summed E-state index contributed by atoms with van der Waals surface area (Å²) < 4.78 is 5.76. The molecule has 0 aromatic heterocycles. The minimum Gasteiger partial charge on any atom is -0.491 e. The number of carbonyl (C=O) groups excluding carboxylic acids is 1. The minimum atomic E-state index is -0.479. The number of hydrogen-bond donors (Lipinski definition) is 3. The lowest BCUT2D eigenvalue weighted by molar-refractivity contribution is -0.125. The van der Waals surface area contributed by atoms with Gasteiger partial charge in [-0.2, -0.15) is 0 Å². The van der Waals surface area contributed by atoms with Crippen molar-refractivity contribution in [2.75, 3.05) is 19.7 Å². The van der Waals surface area contributed by atoms with E-state index >= 15 is 0 Å². The zero-order valence-electron chi connectivity index (χ0n) is 13.7. The summed E-state index contributed by atoms with van der Waals surface area (Å²) in [6.45, 7) is 15.1. The molecule has 2 rings (SSSR count). The highest BCUT2D eigenvalue weighted by molar-refractivity contribution is 5.85. The van der Waals surface area contributed by atoms with Crippen molar-refractivity contribution >= 4 is 5.91 Å². The Morgan fingerprint density at radius 1 is 1.50 bits per heavy atom. The molecule has 0 radical (unpaired) electrons. The molecule has 0 bridgehead atoms. The highest BCUT2D eigenvalue weighted by atomic mass is 16.5. The van der Waals surface area contributed by atoms with Crippen molar-refractivity contribution in [1.29, 1.82) is 0 Å².